The first-order valence-corrected chi connectivity index (χ1v) is 5.42. The summed E-state index contributed by atoms with van der Waals surface area (Å²) in [6, 6.07) is 4.27. The molecule has 0 saturated carbocycles. The highest BCUT2D eigenvalue weighted by Gasteiger charge is 2.05. The van der Waals surface area contributed by atoms with Crippen LogP contribution in [0.25, 0.3) is 0 Å². The number of benzene rings is 1. The fraction of sp³-hybridized carbons (Fsp3) is 0.308. The highest BCUT2D eigenvalue weighted by Crippen LogP contribution is 2.20. The summed E-state index contributed by atoms with van der Waals surface area (Å²) in [4.78, 5) is 7.40. The summed E-state index contributed by atoms with van der Waals surface area (Å²) in [6.07, 6.45) is 2.60. The number of rotatable bonds is 2. The van der Waals surface area contributed by atoms with E-state index < -0.39 is 0 Å². The summed E-state index contributed by atoms with van der Waals surface area (Å²) in [5.41, 5.74) is 12.6. The first kappa shape index (κ1) is 10.7. The third kappa shape index (κ3) is 1.94. The zero-order valence-electron chi connectivity index (χ0n) is 9.96. The van der Waals surface area contributed by atoms with Crippen LogP contribution in [0, 0.1) is 20.8 Å². The topological polar surface area (TPSA) is 54.7 Å². The fourth-order valence-corrected chi connectivity index (χ4v) is 1.93. The molecule has 84 valence electrons. The van der Waals surface area contributed by atoms with Crippen molar-refractivity contribution in [3.63, 3.8) is 0 Å². The van der Waals surface area contributed by atoms with E-state index >= 15 is 0 Å². The maximum absolute atomic E-state index is 5.93. The number of nitrogens with one attached hydrogen (secondary N) is 1. The van der Waals surface area contributed by atoms with Gasteiger partial charge in [-0.25, -0.2) is 4.98 Å². The lowest BCUT2D eigenvalue weighted by atomic mass is 10.0. The molecule has 0 fully saturated rings. The highest BCUT2D eigenvalue weighted by molar-refractivity contribution is 5.54. The molecule has 0 radical (unpaired) electrons. The van der Waals surface area contributed by atoms with Crippen molar-refractivity contribution < 1.29 is 0 Å². The zero-order valence-corrected chi connectivity index (χ0v) is 9.96. The predicted molar refractivity (Wildman–Crippen MR) is 66.5 cm³/mol. The Kier molecular flexibility index (Phi) is 2.69. The Morgan fingerprint density at radius 2 is 1.81 bits per heavy atom. The van der Waals surface area contributed by atoms with Crippen LogP contribution < -0.4 is 5.73 Å². The van der Waals surface area contributed by atoms with Crippen molar-refractivity contribution in [3.05, 3.63) is 46.5 Å². The van der Waals surface area contributed by atoms with Crippen molar-refractivity contribution in [1.82, 2.24) is 9.97 Å². The molecule has 1 heterocycles. The van der Waals surface area contributed by atoms with Crippen LogP contribution in [0.5, 0.6) is 0 Å². The summed E-state index contributed by atoms with van der Waals surface area (Å²) < 4.78 is 0. The molecule has 0 amide bonds. The van der Waals surface area contributed by atoms with Crippen molar-refractivity contribution >= 4 is 5.69 Å². The summed E-state index contributed by atoms with van der Waals surface area (Å²) in [7, 11) is 0. The van der Waals surface area contributed by atoms with Crippen LogP contribution in [0.15, 0.2) is 18.5 Å². The Labute approximate surface area is 95.7 Å². The zero-order chi connectivity index (χ0) is 11.7. The lowest BCUT2D eigenvalue weighted by Gasteiger charge is -2.08. The third-order valence-corrected chi connectivity index (χ3v) is 2.96. The Balaban J connectivity index is 2.33. The quantitative estimate of drug-likeness (QED) is 0.756. The predicted octanol–water partition coefficient (Wildman–Crippen LogP) is 2.51. The molecule has 0 bridgehead atoms. The lowest BCUT2D eigenvalue weighted by molar-refractivity contribution is 1.07. The van der Waals surface area contributed by atoms with E-state index in [1.54, 1.807) is 6.33 Å². The van der Waals surface area contributed by atoms with E-state index in [9.17, 15) is 0 Å². The second-order valence-electron chi connectivity index (χ2n) is 4.29. The van der Waals surface area contributed by atoms with Gasteiger partial charge in [0.05, 0.1) is 12.0 Å². The molecule has 0 spiro atoms. The van der Waals surface area contributed by atoms with E-state index in [0.717, 1.165) is 34.6 Å². The molecule has 3 heteroatoms. The number of nitrogens with two attached hydrogens (primary N) is 1. The first-order chi connectivity index (χ1) is 7.58. The van der Waals surface area contributed by atoms with Crippen molar-refractivity contribution in [1.29, 1.82) is 0 Å². The van der Waals surface area contributed by atoms with Crippen LogP contribution in [-0.4, -0.2) is 9.97 Å². The molecule has 1 aromatic heterocycles. The Morgan fingerprint density at radius 3 is 2.31 bits per heavy atom. The summed E-state index contributed by atoms with van der Waals surface area (Å²) in [5.74, 6) is 0. The molecule has 0 aliphatic heterocycles. The molecular formula is C13H17N3. The summed E-state index contributed by atoms with van der Waals surface area (Å²) in [5, 5.41) is 0. The molecule has 3 nitrogen and oxygen atoms in total. The van der Waals surface area contributed by atoms with Gasteiger partial charge in [0.25, 0.3) is 0 Å². The van der Waals surface area contributed by atoms with Gasteiger partial charge in [-0.15, -0.1) is 0 Å². The Bertz CT molecular complexity index is 489. The number of aryl methyl sites for hydroxylation is 3. The van der Waals surface area contributed by atoms with E-state index in [1.807, 2.05) is 20.8 Å². The summed E-state index contributed by atoms with van der Waals surface area (Å²) >= 11 is 0. The monoisotopic (exact) mass is 215 g/mol. The Hall–Kier alpha value is -1.77. The van der Waals surface area contributed by atoms with E-state index in [2.05, 4.69) is 22.1 Å². The SMILES string of the molecule is Cc1cc(Cc2nc[nH]c2C)cc(C)c1N. The van der Waals surface area contributed by atoms with Gasteiger partial charge < -0.3 is 10.7 Å². The average Bonchev–Trinajstić information content (AvgIpc) is 2.61. The normalized spacial score (nSPS) is 10.7. The maximum Gasteiger partial charge on any atom is 0.0925 e. The van der Waals surface area contributed by atoms with Crippen LogP contribution in [0.1, 0.15) is 28.1 Å². The van der Waals surface area contributed by atoms with Crippen LogP contribution in [-0.2, 0) is 6.42 Å². The largest absolute Gasteiger partial charge is 0.398 e. The van der Waals surface area contributed by atoms with Gasteiger partial charge in [-0.1, -0.05) is 12.1 Å². The van der Waals surface area contributed by atoms with Crippen molar-refractivity contribution in [2.45, 2.75) is 27.2 Å². The second-order valence-corrected chi connectivity index (χ2v) is 4.29. The molecule has 3 N–H and O–H groups in total. The number of anilines is 1. The Morgan fingerprint density at radius 1 is 1.19 bits per heavy atom. The molecular weight excluding hydrogens is 198 g/mol. The van der Waals surface area contributed by atoms with Gasteiger partial charge in [0.2, 0.25) is 0 Å². The lowest BCUT2D eigenvalue weighted by Crippen LogP contribution is -1.98. The minimum absolute atomic E-state index is 0.858. The maximum atomic E-state index is 5.93. The molecule has 0 unspecified atom stereocenters. The van der Waals surface area contributed by atoms with Crippen molar-refractivity contribution in [2.24, 2.45) is 0 Å². The van der Waals surface area contributed by atoms with E-state index in [-0.39, 0.29) is 0 Å². The number of aromatic amines is 1. The third-order valence-electron chi connectivity index (χ3n) is 2.96. The number of H-pyrrole nitrogens is 1. The van der Waals surface area contributed by atoms with Crippen molar-refractivity contribution in [3.8, 4) is 0 Å². The van der Waals surface area contributed by atoms with Gasteiger partial charge >= 0.3 is 0 Å². The molecule has 16 heavy (non-hydrogen) atoms. The van der Waals surface area contributed by atoms with Gasteiger partial charge in [0.1, 0.15) is 0 Å². The molecule has 0 aliphatic carbocycles. The molecule has 0 saturated heterocycles. The minimum atomic E-state index is 0.858. The molecule has 0 aliphatic rings. The van der Waals surface area contributed by atoms with Gasteiger partial charge in [-0.2, -0.15) is 0 Å². The van der Waals surface area contributed by atoms with Crippen LogP contribution in [0.3, 0.4) is 0 Å². The highest BCUT2D eigenvalue weighted by atomic mass is 14.9. The van der Waals surface area contributed by atoms with Crippen LogP contribution in [0.4, 0.5) is 5.69 Å². The number of imidazole rings is 1. The average molecular weight is 215 g/mol. The number of hydrogen-bond acceptors (Lipinski definition) is 2. The molecule has 2 aromatic rings. The standard InChI is InChI=1S/C13H17N3/c1-8-4-11(5-9(2)13(8)14)6-12-10(3)15-7-16-12/h4-5,7H,6,14H2,1-3H3,(H,15,16). The van der Waals surface area contributed by atoms with Gasteiger partial charge in [0, 0.05) is 17.8 Å². The van der Waals surface area contributed by atoms with Crippen LogP contribution >= 0.6 is 0 Å². The van der Waals surface area contributed by atoms with Gasteiger partial charge in [0.15, 0.2) is 0 Å². The fourth-order valence-electron chi connectivity index (χ4n) is 1.93. The summed E-state index contributed by atoms with van der Waals surface area (Å²) in [6.45, 7) is 6.13. The van der Waals surface area contributed by atoms with E-state index in [1.165, 1.54) is 5.56 Å². The van der Waals surface area contributed by atoms with E-state index in [0.29, 0.717) is 0 Å². The molecule has 0 atom stereocenters. The van der Waals surface area contributed by atoms with Gasteiger partial charge in [-0.05, 0) is 37.5 Å². The van der Waals surface area contributed by atoms with Gasteiger partial charge in [-0.3, -0.25) is 0 Å². The smallest absolute Gasteiger partial charge is 0.0925 e. The number of aromatic nitrogens is 2. The van der Waals surface area contributed by atoms with Crippen LogP contribution in [0.2, 0.25) is 0 Å². The number of nitrogens with zero attached hydrogens (tertiary/aromatic N) is 1. The molecule has 1 aromatic carbocycles. The minimum Gasteiger partial charge on any atom is -0.398 e. The second kappa shape index (κ2) is 4.00. The molecule has 2 rings (SSSR count). The van der Waals surface area contributed by atoms with E-state index in [4.69, 9.17) is 5.73 Å². The number of hydrogen-bond donors (Lipinski definition) is 2. The first-order valence-electron chi connectivity index (χ1n) is 5.42. The van der Waals surface area contributed by atoms with Crippen molar-refractivity contribution in [2.75, 3.05) is 5.73 Å². The number of nitrogen functional groups attached to an aromatic ring is 1.